The molecule has 0 unspecified atom stereocenters. The van der Waals surface area contributed by atoms with Crippen molar-refractivity contribution in [2.75, 3.05) is 40.2 Å². The zero-order valence-electron chi connectivity index (χ0n) is 17.7. The number of benzene rings is 2. The summed E-state index contributed by atoms with van der Waals surface area (Å²) < 4.78 is 21.4. The number of nitrogens with one attached hydrogen (secondary N) is 2. The van der Waals surface area contributed by atoms with Crippen molar-refractivity contribution >= 4 is 23.2 Å². The van der Waals surface area contributed by atoms with E-state index < -0.39 is 0 Å². The van der Waals surface area contributed by atoms with Gasteiger partial charge >= 0.3 is 0 Å². The van der Waals surface area contributed by atoms with Crippen LogP contribution in [0.4, 0.5) is 5.69 Å². The number of hydrogen-bond donors (Lipinski definition) is 2. The van der Waals surface area contributed by atoms with Crippen molar-refractivity contribution in [3.05, 3.63) is 47.3 Å². The fourth-order valence-corrected chi connectivity index (χ4v) is 2.96. The van der Waals surface area contributed by atoms with Crippen LogP contribution in [0.15, 0.2) is 45.9 Å². The Hall–Kier alpha value is -3.46. The number of aliphatic imine (C=N–C) groups is 1. The van der Waals surface area contributed by atoms with E-state index >= 15 is 0 Å². The second-order valence-corrected chi connectivity index (χ2v) is 6.74. The number of halogens is 1. The lowest BCUT2D eigenvalue weighted by molar-refractivity contribution is 0.324. The Labute approximate surface area is 185 Å². The van der Waals surface area contributed by atoms with Gasteiger partial charge in [0.15, 0.2) is 17.5 Å². The molecule has 0 aliphatic carbocycles. The Morgan fingerprint density at radius 1 is 1.06 bits per heavy atom. The summed E-state index contributed by atoms with van der Waals surface area (Å²) in [4.78, 5) is 8.64. The van der Waals surface area contributed by atoms with Crippen LogP contribution in [0.5, 0.6) is 17.2 Å². The average molecular weight is 446 g/mol. The number of methoxy groups -OCH3 is 3. The first-order chi connectivity index (χ1) is 15.1. The summed E-state index contributed by atoms with van der Waals surface area (Å²) in [6.07, 6.45) is 0.524. The lowest BCUT2D eigenvalue weighted by Gasteiger charge is -2.16. The highest BCUT2D eigenvalue weighted by molar-refractivity contribution is 6.30. The lowest BCUT2D eigenvalue weighted by atomic mass is 10.2. The van der Waals surface area contributed by atoms with Gasteiger partial charge in [-0.2, -0.15) is 4.98 Å². The van der Waals surface area contributed by atoms with Crippen LogP contribution in [-0.4, -0.2) is 51.0 Å². The molecule has 31 heavy (non-hydrogen) atoms. The molecule has 2 N–H and O–H groups in total. The zero-order valence-corrected chi connectivity index (χ0v) is 18.5. The highest BCUT2D eigenvalue weighted by Crippen LogP contribution is 2.39. The van der Waals surface area contributed by atoms with Gasteiger partial charge in [0.2, 0.25) is 17.5 Å². The molecule has 0 fully saturated rings. The Bertz CT molecular complexity index is 1010. The third kappa shape index (κ3) is 5.58. The summed E-state index contributed by atoms with van der Waals surface area (Å²) in [6, 6.07) is 10.9. The van der Waals surface area contributed by atoms with Crippen LogP contribution < -0.4 is 24.8 Å². The molecule has 1 heterocycles. The molecule has 3 aromatic rings. The molecule has 0 aliphatic rings. The second-order valence-electron chi connectivity index (χ2n) is 6.31. The van der Waals surface area contributed by atoms with E-state index in [1.165, 1.54) is 0 Å². The molecule has 0 amide bonds. The molecule has 2 aromatic carbocycles. The number of hydrogen-bond acceptors (Lipinski definition) is 7. The van der Waals surface area contributed by atoms with E-state index in [0.717, 1.165) is 11.3 Å². The molecule has 0 saturated carbocycles. The van der Waals surface area contributed by atoms with E-state index in [2.05, 4.69) is 25.8 Å². The summed E-state index contributed by atoms with van der Waals surface area (Å²) in [7, 11) is 6.37. The molecule has 0 radical (unpaired) electrons. The van der Waals surface area contributed by atoms with Gasteiger partial charge in [0.1, 0.15) is 0 Å². The fraction of sp³-hybridized carbons (Fsp3) is 0.286. The quantitative estimate of drug-likeness (QED) is 0.400. The van der Waals surface area contributed by atoms with Crippen LogP contribution in [0, 0.1) is 0 Å². The Morgan fingerprint density at radius 3 is 2.32 bits per heavy atom. The number of rotatable bonds is 8. The average Bonchev–Trinajstić information content (AvgIpc) is 3.26. The van der Waals surface area contributed by atoms with Gasteiger partial charge in [0.25, 0.3) is 0 Å². The predicted octanol–water partition coefficient (Wildman–Crippen LogP) is 3.65. The topological polar surface area (TPSA) is 103 Å². The zero-order chi connectivity index (χ0) is 22.2. The normalized spacial score (nSPS) is 11.2. The van der Waals surface area contributed by atoms with E-state index in [4.69, 9.17) is 30.3 Å². The van der Waals surface area contributed by atoms with E-state index in [1.807, 2.05) is 12.1 Å². The minimum absolute atomic E-state index is 0.515. The van der Waals surface area contributed by atoms with E-state index in [1.54, 1.807) is 52.6 Å². The largest absolute Gasteiger partial charge is 0.493 e. The monoisotopic (exact) mass is 445 g/mol. The Balaban J connectivity index is 1.60. The summed E-state index contributed by atoms with van der Waals surface area (Å²) >= 11 is 5.91. The van der Waals surface area contributed by atoms with Crippen molar-refractivity contribution < 1.29 is 18.7 Å². The number of ether oxygens (including phenoxy) is 3. The fourth-order valence-electron chi connectivity index (χ4n) is 2.83. The molecule has 3 rings (SSSR count). The van der Waals surface area contributed by atoms with E-state index in [-0.39, 0.29) is 0 Å². The highest BCUT2D eigenvalue weighted by atomic mass is 35.5. The SMILES string of the molecule is CN=C(NCCc1nc(-c2ccc(Cl)cc2)no1)Nc1cc(OC)c(OC)c(OC)c1. The van der Waals surface area contributed by atoms with E-state index in [0.29, 0.717) is 52.9 Å². The maximum atomic E-state index is 5.91. The van der Waals surface area contributed by atoms with Gasteiger partial charge in [0.05, 0.1) is 21.3 Å². The maximum Gasteiger partial charge on any atom is 0.228 e. The van der Waals surface area contributed by atoms with Crippen molar-refractivity contribution in [2.45, 2.75) is 6.42 Å². The van der Waals surface area contributed by atoms with Gasteiger partial charge in [0, 0.05) is 48.4 Å². The number of aromatic nitrogens is 2. The molecular formula is C21H24ClN5O4. The third-order valence-corrected chi connectivity index (χ3v) is 4.60. The number of nitrogens with zero attached hydrogens (tertiary/aromatic N) is 3. The van der Waals surface area contributed by atoms with Crippen LogP contribution in [0.3, 0.4) is 0 Å². The van der Waals surface area contributed by atoms with Gasteiger partial charge in [-0.05, 0) is 24.3 Å². The van der Waals surface area contributed by atoms with Gasteiger partial charge in [-0.15, -0.1) is 0 Å². The second kappa shape index (κ2) is 10.5. The Morgan fingerprint density at radius 2 is 1.74 bits per heavy atom. The van der Waals surface area contributed by atoms with Crippen molar-refractivity contribution in [1.29, 1.82) is 0 Å². The molecule has 10 heteroatoms. The molecule has 9 nitrogen and oxygen atoms in total. The molecule has 0 atom stereocenters. The van der Waals surface area contributed by atoms with Crippen molar-refractivity contribution in [1.82, 2.24) is 15.5 Å². The smallest absolute Gasteiger partial charge is 0.228 e. The molecule has 0 bridgehead atoms. The molecule has 0 spiro atoms. The standard InChI is InChI=1S/C21H24ClN5O4/c1-23-21(25-15-11-16(28-2)19(30-4)17(12-15)29-3)24-10-9-18-26-20(27-31-18)13-5-7-14(22)8-6-13/h5-8,11-12H,9-10H2,1-4H3,(H2,23,24,25). The van der Waals surface area contributed by atoms with Gasteiger partial charge in [-0.1, -0.05) is 16.8 Å². The first kappa shape index (κ1) is 22.2. The molecule has 0 aliphatic heterocycles. The van der Waals surface area contributed by atoms with Crippen LogP contribution in [0.1, 0.15) is 5.89 Å². The minimum Gasteiger partial charge on any atom is -0.493 e. The summed E-state index contributed by atoms with van der Waals surface area (Å²) in [5.41, 5.74) is 1.57. The third-order valence-electron chi connectivity index (χ3n) is 4.35. The Kier molecular flexibility index (Phi) is 7.55. The summed E-state index contributed by atoms with van der Waals surface area (Å²) in [6.45, 7) is 0.534. The summed E-state index contributed by atoms with van der Waals surface area (Å²) in [5, 5.41) is 11.1. The van der Waals surface area contributed by atoms with Crippen LogP contribution in [-0.2, 0) is 6.42 Å². The molecule has 164 valence electrons. The number of guanidine groups is 1. The molecular weight excluding hydrogens is 422 g/mol. The van der Waals surface area contributed by atoms with E-state index in [9.17, 15) is 0 Å². The maximum absolute atomic E-state index is 5.91. The van der Waals surface area contributed by atoms with Gasteiger partial charge < -0.3 is 29.4 Å². The van der Waals surface area contributed by atoms with Crippen LogP contribution in [0.25, 0.3) is 11.4 Å². The lowest BCUT2D eigenvalue weighted by Crippen LogP contribution is -2.32. The molecule has 1 aromatic heterocycles. The summed E-state index contributed by atoms with van der Waals surface area (Å²) in [5.74, 6) is 3.20. The van der Waals surface area contributed by atoms with Gasteiger partial charge in [-0.25, -0.2) is 0 Å². The predicted molar refractivity (Wildman–Crippen MR) is 120 cm³/mol. The van der Waals surface area contributed by atoms with Gasteiger partial charge in [-0.3, -0.25) is 4.99 Å². The van der Waals surface area contributed by atoms with Crippen molar-refractivity contribution in [2.24, 2.45) is 4.99 Å². The first-order valence-electron chi connectivity index (χ1n) is 9.44. The van der Waals surface area contributed by atoms with Crippen LogP contribution in [0.2, 0.25) is 5.02 Å². The minimum atomic E-state index is 0.515. The molecule has 0 saturated heterocycles. The highest BCUT2D eigenvalue weighted by Gasteiger charge is 2.14. The van der Waals surface area contributed by atoms with Crippen molar-refractivity contribution in [3.63, 3.8) is 0 Å². The van der Waals surface area contributed by atoms with Crippen molar-refractivity contribution in [3.8, 4) is 28.6 Å². The first-order valence-corrected chi connectivity index (χ1v) is 9.82. The van der Waals surface area contributed by atoms with Crippen LogP contribution >= 0.6 is 11.6 Å². The number of anilines is 1.